The minimum atomic E-state index is -0.437. The number of para-hydroxylation sites is 1. The Kier molecular flexibility index (Phi) is 6.26. The number of rotatable bonds is 6. The van der Waals surface area contributed by atoms with Crippen molar-refractivity contribution in [2.45, 2.75) is 25.3 Å². The second-order valence-corrected chi connectivity index (χ2v) is 7.23. The molecule has 8 nitrogen and oxygen atoms in total. The van der Waals surface area contributed by atoms with Gasteiger partial charge in [0.2, 0.25) is 11.7 Å². The normalized spacial score (nSPS) is 16.0. The van der Waals surface area contributed by atoms with E-state index in [-0.39, 0.29) is 18.6 Å². The van der Waals surface area contributed by atoms with Gasteiger partial charge in [0.05, 0.1) is 12.7 Å². The number of aromatic nitrogens is 2. The topological polar surface area (TPSA) is 94.8 Å². The first-order valence-electron chi connectivity index (χ1n) is 10.2. The highest BCUT2D eigenvalue weighted by molar-refractivity contribution is 5.90. The molecule has 1 aromatic heterocycles. The summed E-state index contributed by atoms with van der Waals surface area (Å²) in [5.74, 6) is 0.828. The van der Waals surface area contributed by atoms with Crippen LogP contribution in [0.2, 0.25) is 0 Å². The molecule has 160 valence electrons. The third kappa shape index (κ3) is 4.74. The van der Waals surface area contributed by atoms with Crippen LogP contribution in [0.1, 0.15) is 41.6 Å². The molecule has 0 spiro atoms. The van der Waals surface area contributed by atoms with E-state index in [9.17, 15) is 9.59 Å². The summed E-state index contributed by atoms with van der Waals surface area (Å²) in [5.41, 5.74) is 1.04. The molecule has 3 aromatic rings. The summed E-state index contributed by atoms with van der Waals surface area (Å²) in [5, 5.41) is 4.07. The van der Waals surface area contributed by atoms with Crippen molar-refractivity contribution >= 4 is 11.9 Å². The summed E-state index contributed by atoms with van der Waals surface area (Å²) >= 11 is 0. The molecule has 31 heavy (non-hydrogen) atoms. The van der Waals surface area contributed by atoms with Gasteiger partial charge in [-0.25, -0.2) is 4.79 Å². The van der Waals surface area contributed by atoms with Crippen LogP contribution < -0.4 is 4.74 Å². The summed E-state index contributed by atoms with van der Waals surface area (Å²) in [4.78, 5) is 30.9. The van der Waals surface area contributed by atoms with E-state index >= 15 is 0 Å². The van der Waals surface area contributed by atoms with Crippen LogP contribution in [0.5, 0.6) is 5.75 Å². The second-order valence-electron chi connectivity index (χ2n) is 7.23. The molecule has 1 amide bonds. The first kappa shape index (κ1) is 20.6. The van der Waals surface area contributed by atoms with E-state index < -0.39 is 5.97 Å². The van der Waals surface area contributed by atoms with Crippen molar-refractivity contribution in [3.8, 4) is 17.1 Å². The largest absolute Gasteiger partial charge is 0.484 e. The molecule has 2 heterocycles. The fraction of sp³-hybridized carbons (Fsp3) is 0.304. The fourth-order valence-corrected chi connectivity index (χ4v) is 3.62. The molecule has 0 aliphatic carbocycles. The molecule has 0 saturated carbocycles. The van der Waals surface area contributed by atoms with Crippen molar-refractivity contribution < 1.29 is 23.6 Å². The summed E-state index contributed by atoms with van der Waals surface area (Å²) in [7, 11) is 1.33. The van der Waals surface area contributed by atoms with E-state index in [0.717, 1.165) is 19.3 Å². The van der Waals surface area contributed by atoms with Crippen LogP contribution in [0.25, 0.3) is 11.4 Å². The average Bonchev–Trinajstić information content (AvgIpc) is 3.33. The number of piperidine rings is 1. The predicted molar refractivity (Wildman–Crippen MR) is 111 cm³/mol. The van der Waals surface area contributed by atoms with Gasteiger partial charge in [0.25, 0.3) is 5.91 Å². The molecular weight excluding hydrogens is 398 g/mol. The minimum absolute atomic E-state index is 0.0529. The van der Waals surface area contributed by atoms with Gasteiger partial charge in [0.15, 0.2) is 6.61 Å². The Morgan fingerprint density at radius 2 is 1.97 bits per heavy atom. The molecule has 0 bridgehead atoms. The molecule has 1 fully saturated rings. The highest BCUT2D eigenvalue weighted by Gasteiger charge is 2.32. The van der Waals surface area contributed by atoms with Crippen molar-refractivity contribution in [3.63, 3.8) is 0 Å². The molecule has 0 unspecified atom stereocenters. The van der Waals surface area contributed by atoms with Crippen LogP contribution in [0.3, 0.4) is 0 Å². The van der Waals surface area contributed by atoms with Crippen LogP contribution in [0.4, 0.5) is 0 Å². The number of nitrogens with zero attached hydrogens (tertiary/aromatic N) is 3. The lowest BCUT2D eigenvalue weighted by atomic mass is 10.0. The number of carbonyl (C=O) groups is 2. The van der Waals surface area contributed by atoms with Gasteiger partial charge in [0.1, 0.15) is 11.8 Å². The molecule has 0 N–H and O–H groups in total. The second kappa shape index (κ2) is 9.42. The maximum atomic E-state index is 12.8. The monoisotopic (exact) mass is 421 g/mol. The van der Waals surface area contributed by atoms with E-state index in [1.54, 1.807) is 29.2 Å². The molecule has 1 saturated heterocycles. The minimum Gasteiger partial charge on any atom is -0.484 e. The maximum Gasteiger partial charge on any atom is 0.337 e. The number of ether oxygens (including phenoxy) is 2. The van der Waals surface area contributed by atoms with E-state index in [0.29, 0.717) is 35.1 Å². The fourth-order valence-electron chi connectivity index (χ4n) is 3.62. The van der Waals surface area contributed by atoms with E-state index in [1.165, 1.54) is 7.11 Å². The zero-order valence-corrected chi connectivity index (χ0v) is 17.2. The number of carbonyl (C=O) groups excluding carboxylic acids is 2. The van der Waals surface area contributed by atoms with Gasteiger partial charge < -0.3 is 18.9 Å². The Bertz CT molecular complexity index is 1050. The Balaban J connectivity index is 1.49. The molecule has 8 heteroatoms. The molecular formula is C23H23N3O5. The first-order valence-corrected chi connectivity index (χ1v) is 10.2. The third-order valence-electron chi connectivity index (χ3n) is 5.20. The lowest BCUT2D eigenvalue weighted by Gasteiger charge is -2.33. The number of esters is 1. The molecule has 1 aliphatic rings. The third-order valence-corrected chi connectivity index (χ3v) is 5.20. The Labute approximate surface area is 179 Å². The van der Waals surface area contributed by atoms with Gasteiger partial charge >= 0.3 is 5.97 Å². The Hall–Kier alpha value is -3.68. The lowest BCUT2D eigenvalue weighted by molar-refractivity contribution is -0.138. The summed E-state index contributed by atoms with van der Waals surface area (Å²) in [6, 6.07) is 15.8. The predicted octanol–water partition coefficient (Wildman–Crippen LogP) is 3.66. The number of amides is 1. The van der Waals surface area contributed by atoms with Crippen molar-refractivity contribution in [1.82, 2.24) is 15.0 Å². The highest BCUT2D eigenvalue weighted by atomic mass is 16.5. The van der Waals surface area contributed by atoms with Crippen LogP contribution in [0, 0.1) is 0 Å². The van der Waals surface area contributed by atoms with Gasteiger partial charge in [-0.2, -0.15) is 4.98 Å². The van der Waals surface area contributed by atoms with E-state index in [4.69, 9.17) is 14.0 Å². The number of hydrogen-bond acceptors (Lipinski definition) is 7. The first-order chi connectivity index (χ1) is 15.2. The SMILES string of the molecule is COC(=O)c1cccc(-c2noc([C@H]3CCCCN3C(=O)COc3ccccc3)n2)c1. The van der Waals surface area contributed by atoms with Crippen LogP contribution >= 0.6 is 0 Å². The van der Waals surface area contributed by atoms with Crippen LogP contribution in [-0.2, 0) is 9.53 Å². The van der Waals surface area contributed by atoms with Gasteiger partial charge in [-0.1, -0.05) is 35.5 Å². The molecule has 0 radical (unpaired) electrons. The molecule has 2 aromatic carbocycles. The van der Waals surface area contributed by atoms with E-state index in [1.807, 2.05) is 30.3 Å². The van der Waals surface area contributed by atoms with Gasteiger partial charge in [-0.3, -0.25) is 4.79 Å². The number of hydrogen-bond donors (Lipinski definition) is 0. The van der Waals surface area contributed by atoms with E-state index in [2.05, 4.69) is 10.1 Å². The summed E-state index contributed by atoms with van der Waals surface area (Å²) in [6.07, 6.45) is 2.61. The Morgan fingerprint density at radius 3 is 2.77 bits per heavy atom. The van der Waals surface area contributed by atoms with Gasteiger partial charge in [-0.05, 0) is 43.5 Å². The zero-order chi connectivity index (χ0) is 21.6. The molecule has 1 atom stereocenters. The van der Waals surface area contributed by atoms with Gasteiger partial charge in [0, 0.05) is 12.1 Å². The van der Waals surface area contributed by atoms with Crippen LogP contribution in [0.15, 0.2) is 59.1 Å². The zero-order valence-electron chi connectivity index (χ0n) is 17.2. The lowest BCUT2D eigenvalue weighted by Crippen LogP contribution is -2.41. The van der Waals surface area contributed by atoms with Gasteiger partial charge in [-0.15, -0.1) is 0 Å². The van der Waals surface area contributed by atoms with Crippen molar-refractivity contribution in [3.05, 3.63) is 66.1 Å². The Morgan fingerprint density at radius 1 is 1.13 bits per heavy atom. The summed E-state index contributed by atoms with van der Waals surface area (Å²) < 4.78 is 15.9. The smallest absolute Gasteiger partial charge is 0.337 e. The molecule has 4 rings (SSSR count). The summed E-state index contributed by atoms with van der Waals surface area (Å²) in [6.45, 7) is 0.555. The molecule has 1 aliphatic heterocycles. The highest BCUT2D eigenvalue weighted by Crippen LogP contribution is 2.31. The van der Waals surface area contributed by atoms with Crippen LogP contribution in [-0.4, -0.2) is 47.2 Å². The van der Waals surface area contributed by atoms with Crippen molar-refractivity contribution in [1.29, 1.82) is 0 Å². The number of benzene rings is 2. The van der Waals surface area contributed by atoms with Crippen molar-refractivity contribution in [2.75, 3.05) is 20.3 Å². The average molecular weight is 421 g/mol. The maximum absolute atomic E-state index is 12.8. The standard InChI is InChI=1S/C23H23N3O5/c1-29-23(28)17-9-7-8-16(14-17)21-24-22(31-25-21)19-12-5-6-13-26(19)20(27)15-30-18-10-3-2-4-11-18/h2-4,7-11,14,19H,5-6,12-13,15H2,1H3/t19-/m1/s1. The number of likely N-dealkylation sites (tertiary alicyclic amines) is 1. The van der Waals surface area contributed by atoms with Crippen molar-refractivity contribution in [2.24, 2.45) is 0 Å². The quantitative estimate of drug-likeness (QED) is 0.561. The number of methoxy groups -OCH3 is 1.